The molecule has 1 unspecified atom stereocenters. The largest absolute Gasteiger partial charge is 0.469 e. The number of carbonyl (C=O) groups is 2. The predicted molar refractivity (Wildman–Crippen MR) is 71.1 cm³/mol. The van der Waals surface area contributed by atoms with Gasteiger partial charge in [-0.2, -0.15) is 4.72 Å². The number of ether oxygens (including phenoxy) is 1. The zero-order valence-electron chi connectivity index (χ0n) is 11.1. The summed E-state index contributed by atoms with van der Waals surface area (Å²) in [6.07, 6.45) is 0.0575. The Morgan fingerprint density at radius 2 is 1.85 bits per heavy atom. The quantitative estimate of drug-likeness (QED) is 0.691. The van der Waals surface area contributed by atoms with Crippen LogP contribution in [0.25, 0.3) is 0 Å². The molecule has 0 aliphatic rings. The maximum atomic E-state index is 11.9. The van der Waals surface area contributed by atoms with Gasteiger partial charge in [0.15, 0.2) is 0 Å². The summed E-state index contributed by atoms with van der Waals surface area (Å²) in [4.78, 5) is 21.9. The predicted octanol–water partition coefficient (Wildman–Crippen LogP) is -0.446. The first-order chi connectivity index (χ1) is 9.26. The number of benzene rings is 1. The molecule has 0 fully saturated rings. The lowest BCUT2D eigenvalue weighted by Gasteiger charge is -2.11. The SMILES string of the molecule is COC(=O)Cc1ccc(S(=O)(=O)NC(C)C(N)=O)cc1. The molecule has 0 aliphatic carbocycles. The second kappa shape index (κ2) is 6.49. The summed E-state index contributed by atoms with van der Waals surface area (Å²) >= 11 is 0. The lowest BCUT2D eigenvalue weighted by molar-refractivity contribution is -0.139. The van der Waals surface area contributed by atoms with E-state index < -0.39 is 27.9 Å². The van der Waals surface area contributed by atoms with E-state index in [-0.39, 0.29) is 11.3 Å². The number of esters is 1. The van der Waals surface area contributed by atoms with Gasteiger partial charge in [-0.15, -0.1) is 0 Å². The van der Waals surface area contributed by atoms with Crippen molar-refractivity contribution in [3.8, 4) is 0 Å². The van der Waals surface area contributed by atoms with Gasteiger partial charge in [-0.1, -0.05) is 12.1 Å². The fourth-order valence-corrected chi connectivity index (χ4v) is 2.60. The first kappa shape index (κ1) is 16.1. The van der Waals surface area contributed by atoms with Gasteiger partial charge >= 0.3 is 5.97 Å². The molecule has 1 aromatic carbocycles. The summed E-state index contributed by atoms with van der Waals surface area (Å²) in [6, 6.07) is 4.68. The molecule has 0 spiro atoms. The van der Waals surface area contributed by atoms with Crippen LogP contribution in [0.1, 0.15) is 12.5 Å². The van der Waals surface area contributed by atoms with E-state index in [0.717, 1.165) is 0 Å². The Kier molecular flexibility index (Phi) is 5.23. The minimum absolute atomic E-state index is 0.0146. The Hall–Kier alpha value is -1.93. The molecule has 3 N–H and O–H groups in total. The van der Waals surface area contributed by atoms with Crippen molar-refractivity contribution in [3.05, 3.63) is 29.8 Å². The maximum Gasteiger partial charge on any atom is 0.309 e. The van der Waals surface area contributed by atoms with E-state index in [1.165, 1.54) is 38.3 Å². The molecule has 1 amide bonds. The van der Waals surface area contributed by atoms with Crippen molar-refractivity contribution >= 4 is 21.9 Å². The third-order valence-corrected chi connectivity index (χ3v) is 4.13. The molecule has 0 saturated heterocycles. The number of rotatable bonds is 6. The highest BCUT2D eigenvalue weighted by Gasteiger charge is 2.20. The Morgan fingerprint density at radius 1 is 1.30 bits per heavy atom. The van der Waals surface area contributed by atoms with Crippen LogP contribution < -0.4 is 10.5 Å². The normalized spacial score (nSPS) is 12.7. The number of nitrogens with two attached hydrogens (primary N) is 1. The first-order valence-corrected chi connectivity index (χ1v) is 7.22. The van der Waals surface area contributed by atoms with Crippen LogP contribution in [0.5, 0.6) is 0 Å². The minimum Gasteiger partial charge on any atom is -0.469 e. The number of carbonyl (C=O) groups excluding carboxylic acids is 2. The van der Waals surface area contributed by atoms with Crippen molar-refractivity contribution in [1.29, 1.82) is 0 Å². The first-order valence-electron chi connectivity index (χ1n) is 5.73. The molecule has 7 nitrogen and oxygen atoms in total. The minimum atomic E-state index is -3.82. The van der Waals surface area contributed by atoms with Gasteiger partial charge in [-0.3, -0.25) is 9.59 Å². The lowest BCUT2D eigenvalue weighted by Crippen LogP contribution is -2.42. The van der Waals surface area contributed by atoms with E-state index in [1.807, 2.05) is 0 Å². The number of hydrogen-bond donors (Lipinski definition) is 2. The number of hydrogen-bond acceptors (Lipinski definition) is 5. The van der Waals surface area contributed by atoms with Gasteiger partial charge in [0, 0.05) is 0 Å². The fraction of sp³-hybridized carbons (Fsp3) is 0.333. The number of methoxy groups -OCH3 is 1. The monoisotopic (exact) mass is 300 g/mol. The third-order valence-electron chi connectivity index (χ3n) is 2.57. The van der Waals surface area contributed by atoms with Gasteiger partial charge in [0.05, 0.1) is 24.5 Å². The molecule has 0 radical (unpaired) electrons. The standard InChI is InChI=1S/C12H16N2O5S/c1-8(12(13)16)14-20(17,18)10-5-3-9(4-6-10)7-11(15)19-2/h3-6,8,14H,7H2,1-2H3,(H2,13,16). The molecule has 0 aromatic heterocycles. The van der Waals surface area contributed by atoms with Crippen LogP contribution in [0.15, 0.2) is 29.2 Å². The van der Waals surface area contributed by atoms with E-state index in [1.54, 1.807) is 0 Å². The number of primary amides is 1. The summed E-state index contributed by atoms with van der Waals surface area (Å²) in [5, 5.41) is 0. The molecule has 110 valence electrons. The van der Waals surface area contributed by atoms with Crippen LogP contribution in [0, 0.1) is 0 Å². The van der Waals surface area contributed by atoms with Crippen molar-refractivity contribution in [1.82, 2.24) is 4.72 Å². The molecule has 0 aliphatic heterocycles. The summed E-state index contributed by atoms with van der Waals surface area (Å²) in [7, 11) is -2.55. The highest BCUT2D eigenvalue weighted by Crippen LogP contribution is 2.11. The number of amides is 1. The van der Waals surface area contributed by atoms with E-state index in [4.69, 9.17) is 5.73 Å². The van der Waals surface area contributed by atoms with Crippen molar-refractivity contribution in [3.63, 3.8) is 0 Å². The highest BCUT2D eigenvalue weighted by atomic mass is 32.2. The van der Waals surface area contributed by atoms with E-state index >= 15 is 0 Å². The second-order valence-corrected chi connectivity index (χ2v) is 5.86. The van der Waals surface area contributed by atoms with Crippen LogP contribution in [0.2, 0.25) is 0 Å². The Balaban J connectivity index is 2.87. The zero-order valence-corrected chi connectivity index (χ0v) is 11.9. The molecule has 1 atom stereocenters. The third kappa shape index (κ3) is 4.32. The zero-order chi connectivity index (χ0) is 15.3. The Morgan fingerprint density at radius 3 is 2.30 bits per heavy atom. The molecular weight excluding hydrogens is 284 g/mol. The van der Waals surface area contributed by atoms with E-state index in [9.17, 15) is 18.0 Å². The fourth-order valence-electron chi connectivity index (χ4n) is 1.38. The Labute approximate surface area is 117 Å². The van der Waals surface area contributed by atoms with Gasteiger partial charge in [0.2, 0.25) is 15.9 Å². The van der Waals surface area contributed by atoms with Gasteiger partial charge in [0.25, 0.3) is 0 Å². The lowest BCUT2D eigenvalue weighted by atomic mass is 10.2. The summed E-state index contributed by atoms with van der Waals surface area (Å²) < 4.78 is 30.5. The molecule has 1 rings (SSSR count). The average Bonchev–Trinajstić information content (AvgIpc) is 2.38. The van der Waals surface area contributed by atoms with Crippen LogP contribution in [-0.4, -0.2) is 33.4 Å². The Bertz CT molecular complexity index is 595. The van der Waals surface area contributed by atoms with Crippen molar-refractivity contribution in [2.75, 3.05) is 7.11 Å². The number of sulfonamides is 1. The van der Waals surface area contributed by atoms with Crippen molar-refractivity contribution in [2.24, 2.45) is 5.73 Å². The summed E-state index contributed by atoms with van der Waals surface area (Å²) in [6.45, 7) is 1.35. The van der Waals surface area contributed by atoms with Gasteiger partial charge in [0.1, 0.15) is 0 Å². The number of nitrogens with one attached hydrogen (secondary N) is 1. The van der Waals surface area contributed by atoms with E-state index in [2.05, 4.69) is 9.46 Å². The van der Waals surface area contributed by atoms with Crippen molar-refractivity contribution < 1.29 is 22.7 Å². The molecule has 1 aromatic rings. The molecule has 8 heteroatoms. The van der Waals surface area contributed by atoms with Crippen LogP contribution in [0.4, 0.5) is 0 Å². The molecule has 20 heavy (non-hydrogen) atoms. The average molecular weight is 300 g/mol. The van der Waals surface area contributed by atoms with Crippen molar-refractivity contribution in [2.45, 2.75) is 24.3 Å². The summed E-state index contributed by atoms with van der Waals surface area (Å²) in [5.41, 5.74) is 5.62. The topological polar surface area (TPSA) is 116 Å². The molecule has 0 heterocycles. The van der Waals surface area contributed by atoms with Gasteiger partial charge < -0.3 is 10.5 Å². The molecular formula is C12H16N2O5S. The second-order valence-electron chi connectivity index (χ2n) is 4.14. The van der Waals surface area contributed by atoms with Gasteiger partial charge in [-0.25, -0.2) is 8.42 Å². The maximum absolute atomic E-state index is 11.9. The highest BCUT2D eigenvalue weighted by molar-refractivity contribution is 7.89. The van der Waals surface area contributed by atoms with E-state index in [0.29, 0.717) is 5.56 Å². The summed E-state index contributed by atoms with van der Waals surface area (Å²) in [5.74, 6) is -1.18. The molecule has 0 bridgehead atoms. The van der Waals surface area contributed by atoms with Crippen LogP contribution >= 0.6 is 0 Å². The van der Waals surface area contributed by atoms with Crippen LogP contribution in [-0.2, 0) is 30.8 Å². The van der Waals surface area contributed by atoms with Crippen LogP contribution in [0.3, 0.4) is 0 Å². The molecule has 0 saturated carbocycles. The smallest absolute Gasteiger partial charge is 0.309 e. The van der Waals surface area contributed by atoms with Gasteiger partial charge in [-0.05, 0) is 24.6 Å².